The maximum Gasteiger partial charge on any atom is 0.223 e. The van der Waals surface area contributed by atoms with Crippen LogP contribution in [-0.2, 0) is 16.0 Å². The Morgan fingerprint density at radius 1 is 1.20 bits per heavy atom. The molecule has 1 aliphatic carbocycles. The van der Waals surface area contributed by atoms with Gasteiger partial charge < -0.3 is 15.2 Å². The molecule has 0 saturated heterocycles. The summed E-state index contributed by atoms with van der Waals surface area (Å²) >= 11 is 0. The van der Waals surface area contributed by atoms with Crippen LogP contribution in [0.3, 0.4) is 0 Å². The van der Waals surface area contributed by atoms with Crippen LogP contribution in [0.1, 0.15) is 31.2 Å². The Balaban J connectivity index is 1.83. The summed E-state index contributed by atoms with van der Waals surface area (Å²) in [6, 6.07) is 3.80. The van der Waals surface area contributed by atoms with Gasteiger partial charge in [-0.3, -0.25) is 9.78 Å². The van der Waals surface area contributed by atoms with Crippen molar-refractivity contribution in [2.24, 2.45) is 11.8 Å². The number of carboxylic acids is 1. The van der Waals surface area contributed by atoms with Crippen molar-refractivity contribution in [2.75, 3.05) is 6.54 Å². The summed E-state index contributed by atoms with van der Waals surface area (Å²) in [4.78, 5) is 27.1. The maximum atomic E-state index is 12.1. The van der Waals surface area contributed by atoms with E-state index in [2.05, 4.69) is 10.3 Å². The van der Waals surface area contributed by atoms with Gasteiger partial charge in [0.25, 0.3) is 0 Å². The topological polar surface area (TPSA) is 82.1 Å². The summed E-state index contributed by atoms with van der Waals surface area (Å²) in [5.41, 5.74) is 1.10. The molecule has 1 saturated carbocycles. The second-order valence-electron chi connectivity index (χ2n) is 5.21. The first-order chi connectivity index (χ1) is 9.68. The number of carboxylic acid groups (broad SMARTS) is 1. The van der Waals surface area contributed by atoms with Crippen molar-refractivity contribution in [1.29, 1.82) is 0 Å². The van der Waals surface area contributed by atoms with E-state index in [1.165, 1.54) is 0 Å². The van der Waals surface area contributed by atoms with Crippen LogP contribution >= 0.6 is 0 Å². The fraction of sp³-hybridized carbons (Fsp3) is 0.533. The van der Waals surface area contributed by atoms with Gasteiger partial charge in [0.1, 0.15) is 0 Å². The largest absolute Gasteiger partial charge is 0.550 e. The van der Waals surface area contributed by atoms with Crippen LogP contribution in [-0.4, -0.2) is 23.4 Å². The van der Waals surface area contributed by atoms with Crippen molar-refractivity contribution >= 4 is 11.9 Å². The standard InChI is InChI=1S/C15H20N2O3/c18-14(12-3-1-2-4-13(12)15(19)20)17-10-7-11-5-8-16-9-6-11/h5-6,8-9,12-13H,1-4,7,10H2,(H,17,18)(H,19,20)/p-1/t12-,13-/m0/s1. The van der Waals surface area contributed by atoms with Crippen LogP contribution in [0.4, 0.5) is 0 Å². The normalized spacial score (nSPS) is 22.2. The lowest BCUT2D eigenvalue weighted by Gasteiger charge is -2.31. The lowest BCUT2D eigenvalue weighted by Crippen LogP contribution is -2.44. The molecule has 1 aliphatic rings. The first kappa shape index (κ1) is 14.5. The van der Waals surface area contributed by atoms with Crippen LogP contribution in [0.2, 0.25) is 0 Å². The van der Waals surface area contributed by atoms with Gasteiger partial charge in [-0.05, 0) is 37.0 Å². The minimum absolute atomic E-state index is 0.159. The van der Waals surface area contributed by atoms with Crippen LogP contribution in [0.25, 0.3) is 0 Å². The first-order valence-electron chi connectivity index (χ1n) is 7.06. The number of carbonyl (C=O) groups excluding carboxylic acids is 2. The van der Waals surface area contributed by atoms with Gasteiger partial charge in [-0.2, -0.15) is 0 Å². The van der Waals surface area contributed by atoms with E-state index in [4.69, 9.17) is 0 Å². The maximum absolute atomic E-state index is 12.1. The van der Waals surface area contributed by atoms with Crippen LogP contribution < -0.4 is 10.4 Å². The zero-order chi connectivity index (χ0) is 14.4. The molecule has 0 aliphatic heterocycles. The monoisotopic (exact) mass is 275 g/mol. The molecule has 1 fully saturated rings. The molecule has 0 spiro atoms. The molecule has 1 amide bonds. The number of pyridine rings is 1. The quantitative estimate of drug-likeness (QED) is 0.837. The molecule has 1 aromatic rings. The van der Waals surface area contributed by atoms with Crippen molar-refractivity contribution in [2.45, 2.75) is 32.1 Å². The van der Waals surface area contributed by atoms with E-state index in [0.717, 1.165) is 24.8 Å². The molecule has 1 heterocycles. The van der Waals surface area contributed by atoms with E-state index in [0.29, 0.717) is 19.4 Å². The highest BCUT2D eigenvalue weighted by molar-refractivity contribution is 5.84. The third kappa shape index (κ3) is 3.79. The molecule has 5 heteroatoms. The summed E-state index contributed by atoms with van der Waals surface area (Å²) in [5, 5.41) is 13.9. The predicted octanol–water partition coefficient (Wildman–Crippen LogP) is 0.297. The predicted molar refractivity (Wildman–Crippen MR) is 71.4 cm³/mol. The highest BCUT2D eigenvalue weighted by atomic mass is 16.4. The van der Waals surface area contributed by atoms with Crippen molar-refractivity contribution in [3.63, 3.8) is 0 Å². The molecular weight excluding hydrogens is 256 g/mol. The molecule has 0 aromatic carbocycles. The van der Waals surface area contributed by atoms with Crippen molar-refractivity contribution in [3.05, 3.63) is 30.1 Å². The average Bonchev–Trinajstić information content (AvgIpc) is 2.48. The number of hydrogen-bond donors (Lipinski definition) is 1. The Bertz CT molecular complexity index is 461. The molecule has 5 nitrogen and oxygen atoms in total. The Hall–Kier alpha value is -1.91. The van der Waals surface area contributed by atoms with Crippen molar-refractivity contribution in [3.8, 4) is 0 Å². The molecule has 20 heavy (non-hydrogen) atoms. The molecule has 1 aromatic heterocycles. The summed E-state index contributed by atoms with van der Waals surface area (Å²) < 4.78 is 0. The minimum Gasteiger partial charge on any atom is -0.550 e. The van der Waals surface area contributed by atoms with Gasteiger partial charge in [-0.15, -0.1) is 0 Å². The highest BCUT2D eigenvalue weighted by Crippen LogP contribution is 2.29. The van der Waals surface area contributed by atoms with Crippen molar-refractivity contribution in [1.82, 2.24) is 10.3 Å². The summed E-state index contributed by atoms with van der Waals surface area (Å²) in [6.07, 6.45) is 7.10. The summed E-state index contributed by atoms with van der Waals surface area (Å²) in [5.74, 6) is -2.33. The smallest absolute Gasteiger partial charge is 0.223 e. The molecule has 1 N–H and O–H groups in total. The number of carbonyl (C=O) groups is 2. The van der Waals surface area contributed by atoms with Gasteiger partial charge in [0.15, 0.2) is 0 Å². The molecule has 0 unspecified atom stereocenters. The number of aromatic nitrogens is 1. The first-order valence-corrected chi connectivity index (χ1v) is 7.06. The third-order valence-corrected chi connectivity index (χ3v) is 3.87. The minimum atomic E-state index is -1.10. The van der Waals surface area contributed by atoms with E-state index in [9.17, 15) is 14.7 Å². The van der Waals surface area contributed by atoms with Gasteiger partial charge in [-0.1, -0.05) is 12.8 Å². The average molecular weight is 275 g/mol. The molecular formula is C15H19N2O3-. The van der Waals surface area contributed by atoms with E-state index in [1.54, 1.807) is 12.4 Å². The van der Waals surface area contributed by atoms with Crippen molar-refractivity contribution < 1.29 is 14.7 Å². The van der Waals surface area contributed by atoms with E-state index in [-0.39, 0.29) is 5.91 Å². The lowest BCUT2D eigenvalue weighted by atomic mass is 9.78. The lowest BCUT2D eigenvalue weighted by molar-refractivity contribution is -0.314. The molecule has 0 radical (unpaired) electrons. The second kappa shape index (κ2) is 7.03. The molecule has 0 bridgehead atoms. The van der Waals surface area contributed by atoms with Gasteiger partial charge in [0.2, 0.25) is 5.91 Å². The zero-order valence-electron chi connectivity index (χ0n) is 11.4. The highest BCUT2D eigenvalue weighted by Gasteiger charge is 2.31. The van der Waals surface area contributed by atoms with Crippen LogP contribution in [0.15, 0.2) is 24.5 Å². The number of rotatable bonds is 5. The van der Waals surface area contributed by atoms with E-state index < -0.39 is 17.8 Å². The summed E-state index contributed by atoms with van der Waals surface area (Å²) in [7, 11) is 0. The van der Waals surface area contributed by atoms with Gasteiger partial charge >= 0.3 is 0 Å². The Labute approximate surface area is 118 Å². The van der Waals surface area contributed by atoms with Gasteiger partial charge in [-0.25, -0.2) is 0 Å². The summed E-state index contributed by atoms with van der Waals surface area (Å²) in [6.45, 7) is 0.513. The molecule has 2 rings (SSSR count). The second-order valence-corrected chi connectivity index (χ2v) is 5.21. The van der Waals surface area contributed by atoms with Crippen LogP contribution in [0, 0.1) is 11.8 Å². The molecule has 108 valence electrons. The third-order valence-electron chi connectivity index (χ3n) is 3.87. The Morgan fingerprint density at radius 2 is 1.85 bits per heavy atom. The van der Waals surface area contributed by atoms with Gasteiger partial charge in [0.05, 0.1) is 0 Å². The number of aliphatic carboxylic acids is 1. The number of nitrogens with zero attached hydrogens (tertiary/aromatic N) is 1. The molecule has 2 atom stereocenters. The SMILES string of the molecule is O=C([O-])[C@H]1CCCC[C@@H]1C(=O)NCCc1ccncc1. The Morgan fingerprint density at radius 3 is 2.50 bits per heavy atom. The number of amides is 1. The number of nitrogens with one attached hydrogen (secondary N) is 1. The van der Waals surface area contributed by atoms with Gasteiger partial charge in [0, 0.05) is 36.7 Å². The zero-order valence-corrected chi connectivity index (χ0v) is 11.4. The Kier molecular flexibility index (Phi) is 5.09. The van der Waals surface area contributed by atoms with E-state index >= 15 is 0 Å². The van der Waals surface area contributed by atoms with E-state index in [1.807, 2.05) is 12.1 Å². The fourth-order valence-electron chi connectivity index (χ4n) is 2.74. The van der Waals surface area contributed by atoms with Crippen LogP contribution in [0.5, 0.6) is 0 Å². The fourth-order valence-corrected chi connectivity index (χ4v) is 2.74. The number of hydrogen-bond acceptors (Lipinski definition) is 4.